The number of carbonyl (C=O) groups is 2. The average Bonchev–Trinajstić information content (AvgIpc) is 2.59. The van der Waals surface area contributed by atoms with Crippen molar-refractivity contribution in [2.45, 2.75) is 19.0 Å². The number of benzene rings is 2. The zero-order valence-electron chi connectivity index (χ0n) is 12.6. The van der Waals surface area contributed by atoms with E-state index in [-0.39, 0.29) is 6.04 Å². The molecule has 2 aromatic rings. The van der Waals surface area contributed by atoms with Crippen LogP contribution in [0.3, 0.4) is 0 Å². The Balaban J connectivity index is 1.96. The zero-order chi connectivity index (χ0) is 16.2. The molecule has 0 fully saturated rings. The third-order valence-electron chi connectivity index (χ3n) is 3.97. The minimum absolute atomic E-state index is 0.222. The smallest absolute Gasteiger partial charge is 0.312 e. The first-order valence-electron chi connectivity index (χ1n) is 7.53. The van der Waals surface area contributed by atoms with Gasteiger partial charge in [-0.3, -0.25) is 9.59 Å². The molecule has 23 heavy (non-hydrogen) atoms. The summed E-state index contributed by atoms with van der Waals surface area (Å²) >= 11 is 0. The van der Waals surface area contributed by atoms with Crippen LogP contribution in [0.5, 0.6) is 5.75 Å². The molecule has 1 heterocycles. The van der Waals surface area contributed by atoms with Gasteiger partial charge >= 0.3 is 11.8 Å². The Labute approximate surface area is 134 Å². The van der Waals surface area contributed by atoms with Gasteiger partial charge < -0.3 is 15.4 Å². The molecule has 2 aromatic carbocycles. The lowest BCUT2D eigenvalue weighted by Crippen LogP contribution is -2.43. The molecule has 2 N–H and O–H groups in total. The van der Waals surface area contributed by atoms with Crippen LogP contribution in [0.25, 0.3) is 0 Å². The third-order valence-corrected chi connectivity index (χ3v) is 3.97. The molecule has 118 valence electrons. The number of ether oxygens (including phenoxy) is 1. The van der Waals surface area contributed by atoms with Crippen molar-refractivity contribution < 1.29 is 14.3 Å². The molecule has 1 atom stereocenters. The van der Waals surface area contributed by atoms with Crippen molar-refractivity contribution in [3.63, 3.8) is 0 Å². The van der Waals surface area contributed by atoms with Crippen molar-refractivity contribution in [1.82, 2.24) is 4.90 Å². The summed E-state index contributed by atoms with van der Waals surface area (Å²) in [5.41, 5.74) is 7.11. The standard InChI is InChI=1S/C18H18N2O3/c19-17(21)18(22)20(12-13-6-2-1-3-7-13)15-10-11-23-16-9-5-4-8-14(15)16/h1-9,15H,10-12H2,(H2,19,21). The molecular weight excluding hydrogens is 292 g/mol. The van der Waals surface area contributed by atoms with Crippen molar-refractivity contribution in [3.05, 3.63) is 65.7 Å². The van der Waals surface area contributed by atoms with Gasteiger partial charge in [0, 0.05) is 18.5 Å². The molecule has 0 radical (unpaired) electrons. The summed E-state index contributed by atoms with van der Waals surface area (Å²) in [6.45, 7) is 0.834. The van der Waals surface area contributed by atoms with Gasteiger partial charge in [0.2, 0.25) is 0 Å². The lowest BCUT2D eigenvalue weighted by molar-refractivity contribution is -0.146. The van der Waals surface area contributed by atoms with Gasteiger partial charge in [0.1, 0.15) is 5.75 Å². The van der Waals surface area contributed by atoms with Crippen molar-refractivity contribution in [2.24, 2.45) is 5.73 Å². The Morgan fingerprint density at radius 2 is 1.78 bits per heavy atom. The monoisotopic (exact) mass is 310 g/mol. The first-order chi connectivity index (χ1) is 11.2. The maximum absolute atomic E-state index is 12.4. The summed E-state index contributed by atoms with van der Waals surface area (Å²) < 4.78 is 5.64. The molecular formula is C18H18N2O3. The molecule has 0 aromatic heterocycles. The third kappa shape index (κ3) is 3.18. The van der Waals surface area contributed by atoms with Crippen molar-refractivity contribution in [3.8, 4) is 5.75 Å². The minimum atomic E-state index is -0.940. The highest BCUT2D eigenvalue weighted by atomic mass is 16.5. The van der Waals surface area contributed by atoms with E-state index in [9.17, 15) is 9.59 Å². The molecule has 0 aliphatic carbocycles. The second-order valence-corrected chi connectivity index (χ2v) is 5.47. The maximum Gasteiger partial charge on any atom is 0.312 e. The van der Waals surface area contributed by atoms with E-state index in [0.717, 1.165) is 16.9 Å². The van der Waals surface area contributed by atoms with E-state index >= 15 is 0 Å². The van der Waals surface area contributed by atoms with E-state index in [1.807, 2.05) is 54.6 Å². The molecule has 1 aliphatic heterocycles. The van der Waals surface area contributed by atoms with Crippen LogP contribution in [0.2, 0.25) is 0 Å². The summed E-state index contributed by atoms with van der Waals surface area (Å²) in [5, 5.41) is 0. The number of hydrogen-bond donors (Lipinski definition) is 1. The van der Waals surface area contributed by atoms with E-state index in [4.69, 9.17) is 10.5 Å². The number of amides is 2. The highest BCUT2D eigenvalue weighted by Crippen LogP contribution is 2.36. The molecule has 0 bridgehead atoms. The van der Waals surface area contributed by atoms with Gasteiger partial charge in [-0.1, -0.05) is 48.5 Å². The van der Waals surface area contributed by atoms with Gasteiger partial charge in [0.05, 0.1) is 12.6 Å². The number of para-hydroxylation sites is 1. The van der Waals surface area contributed by atoms with E-state index in [2.05, 4.69) is 0 Å². The Hall–Kier alpha value is -2.82. The second-order valence-electron chi connectivity index (χ2n) is 5.47. The molecule has 1 aliphatic rings. The van der Waals surface area contributed by atoms with Crippen LogP contribution in [0.15, 0.2) is 54.6 Å². The van der Waals surface area contributed by atoms with Crippen LogP contribution in [0, 0.1) is 0 Å². The highest BCUT2D eigenvalue weighted by Gasteiger charge is 2.32. The van der Waals surface area contributed by atoms with E-state index < -0.39 is 11.8 Å². The Morgan fingerprint density at radius 1 is 1.09 bits per heavy atom. The summed E-state index contributed by atoms with van der Waals surface area (Å²) in [6.07, 6.45) is 0.628. The van der Waals surface area contributed by atoms with Crippen LogP contribution >= 0.6 is 0 Å². The topological polar surface area (TPSA) is 72.6 Å². The van der Waals surface area contributed by atoms with Gasteiger partial charge in [0.25, 0.3) is 0 Å². The summed E-state index contributed by atoms with van der Waals surface area (Å²) in [5.74, 6) is -0.862. The second kappa shape index (κ2) is 6.52. The summed E-state index contributed by atoms with van der Waals surface area (Å²) in [6, 6.07) is 16.9. The maximum atomic E-state index is 12.4. The van der Waals surface area contributed by atoms with Crippen LogP contribution < -0.4 is 10.5 Å². The van der Waals surface area contributed by atoms with Crippen LogP contribution in [-0.4, -0.2) is 23.3 Å². The van der Waals surface area contributed by atoms with E-state index in [1.54, 1.807) is 4.90 Å². The number of hydrogen-bond acceptors (Lipinski definition) is 3. The summed E-state index contributed by atoms with van der Waals surface area (Å²) in [4.78, 5) is 25.4. The molecule has 0 saturated carbocycles. The van der Waals surface area contributed by atoms with E-state index in [1.165, 1.54) is 0 Å². The van der Waals surface area contributed by atoms with Crippen LogP contribution in [0.4, 0.5) is 0 Å². The molecule has 5 nitrogen and oxygen atoms in total. The molecule has 5 heteroatoms. The highest BCUT2D eigenvalue weighted by molar-refractivity contribution is 6.34. The first-order valence-corrected chi connectivity index (χ1v) is 7.53. The number of carbonyl (C=O) groups excluding carboxylic acids is 2. The van der Waals surface area contributed by atoms with Crippen LogP contribution in [-0.2, 0) is 16.1 Å². The van der Waals surface area contributed by atoms with E-state index in [0.29, 0.717) is 19.6 Å². The zero-order valence-corrected chi connectivity index (χ0v) is 12.6. The Kier molecular flexibility index (Phi) is 4.28. The number of primary amides is 1. The van der Waals surface area contributed by atoms with Gasteiger partial charge in [-0.25, -0.2) is 0 Å². The van der Waals surface area contributed by atoms with Crippen molar-refractivity contribution >= 4 is 11.8 Å². The predicted molar refractivity (Wildman–Crippen MR) is 85.5 cm³/mol. The van der Waals surface area contributed by atoms with Gasteiger partial charge in [-0.05, 0) is 11.6 Å². The molecule has 2 amide bonds. The lowest BCUT2D eigenvalue weighted by atomic mass is 9.98. The Morgan fingerprint density at radius 3 is 2.52 bits per heavy atom. The number of fused-ring (bicyclic) bond motifs is 1. The first kappa shape index (κ1) is 15.1. The molecule has 0 spiro atoms. The van der Waals surface area contributed by atoms with Crippen LogP contribution in [0.1, 0.15) is 23.6 Å². The predicted octanol–water partition coefficient (Wildman–Crippen LogP) is 2.02. The number of rotatable bonds is 3. The number of nitrogens with two attached hydrogens (primary N) is 1. The largest absolute Gasteiger partial charge is 0.493 e. The van der Waals surface area contributed by atoms with Gasteiger partial charge in [-0.15, -0.1) is 0 Å². The van der Waals surface area contributed by atoms with Gasteiger partial charge in [0.15, 0.2) is 0 Å². The Bertz CT molecular complexity index is 715. The fourth-order valence-corrected chi connectivity index (χ4v) is 2.89. The SMILES string of the molecule is NC(=O)C(=O)N(Cc1ccccc1)C1CCOc2ccccc21. The summed E-state index contributed by atoms with van der Waals surface area (Å²) in [7, 11) is 0. The molecule has 3 rings (SSSR count). The van der Waals surface area contributed by atoms with Crippen molar-refractivity contribution in [1.29, 1.82) is 0 Å². The quantitative estimate of drug-likeness (QED) is 0.882. The van der Waals surface area contributed by atoms with Gasteiger partial charge in [-0.2, -0.15) is 0 Å². The van der Waals surface area contributed by atoms with Crippen molar-refractivity contribution in [2.75, 3.05) is 6.61 Å². The number of nitrogens with zero attached hydrogens (tertiary/aromatic N) is 1. The lowest BCUT2D eigenvalue weighted by Gasteiger charge is -2.35. The fraction of sp³-hybridized carbons (Fsp3) is 0.222. The average molecular weight is 310 g/mol. The molecule has 0 saturated heterocycles. The minimum Gasteiger partial charge on any atom is -0.493 e. The fourth-order valence-electron chi connectivity index (χ4n) is 2.89. The molecule has 1 unspecified atom stereocenters. The normalized spacial score (nSPS) is 16.1.